The predicted octanol–water partition coefficient (Wildman–Crippen LogP) is 2.93. The van der Waals surface area contributed by atoms with Crippen LogP contribution in [0.5, 0.6) is 0 Å². The maximum atomic E-state index is 14.4. The molecule has 2 unspecified atom stereocenters. The van der Waals surface area contributed by atoms with Gasteiger partial charge in [-0.3, -0.25) is 4.79 Å². The van der Waals surface area contributed by atoms with E-state index in [1.165, 1.54) is 6.08 Å². The zero-order valence-electron chi connectivity index (χ0n) is 12.6. The third-order valence-electron chi connectivity index (χ3n) is 4.50. The van der Waals surface area contributed by atoms with E-state index in [1.54, 1.807) is 4.90 Å². The van der Waals surface area contributed by atoms with Gasteiger partial charge >= 0.3 is 0 Å². The maximum Gasteiger partial charge on any atom is 0.246 e. The molecule has 1 fully saturated rings. The smallest absolute Gasteiger partial charge is 0.246 e. The molecule has 118 valence electrons. The van der Waals surface area contributed by atoms with Crippen LogP contribution in [-0.4, -0.2) is 30.0 Å². The molecule has 0 saturated carbocycles. The summed E-state index contributed by atoms with van der Waals surface area (Å²) in [5, 5.41) is -1.30. The summed E-state index contributed by atoms with van der Waals surface area (Å²) in [5.74, 6) is -0.0474. The minimum absolute atomic E-state index is 0.0447. The van der Waals surface area contributed by atoms with Crippen LogP contribution >= 0.6 is 9.24 Å². The van der Waals surface area contributed by atoms with E-state index in [9.17, 15) is 9.18 Å². The number of carbonyl (C=O) groups is 1. The van der Waals surface area contributed by atoms with Gasteiger partial charge < -0.3 is 9.64 Å². The molecular formula is C17H21FNO2P. The van der Waals surface area contributed by atoms with Crippen molar-refractivity contribution in [2.45, 2.75) is 37.4 Å². The van der Waals surface area contributed by atoms with Crippen LogP contribution in [0.3, 0.4) is 0 Å². The molecule has 1 amide bonds. The summed E-state index contributed by atoms with van der Waals surface area (Å²) >= 11 is 0. The Morgan fingerprint density at radius 2 is 2.41 bits per heavy atom. The molecule has 1 aromatic carbocycles. The van der Waals surface area contributed by atoms with E-state index in [0.29, 0.717) is 26.1 Å². The van der Waals surface area contributed by atoms with Gasteiger partial charge in [0.25, 0.3) is 0 Å². The molecule has 3 rings (SSSR count). The molecule has 0 N–H and O–H groups in total. The van der Waals surface area contributed by atoms with Crippen LogP contribution in [0.15, 0.2) is 30.9 Å². The van der Waals surface area contributed by atoms with Gasteiger partial charge in [-0.15, -0.1) is 0 Å². The van der Waals surface area contributed by atoms with Crippen molar-refractivity contribution in [3.63, 3.8) is 0 Å². The average Bonchev–Trinajstić information content (AvgIpc) is 3.10. The molecule has 0 bridgehead atoms. The molecule has 0 radical (unpaired) electrons. The fraction of sp³-hybridized carbons (Fsp3) is 0.471. The van der Waals surface area contributed by atoms with Gasteiger partial charge in [-0.1, -0.05) is 28.0 Å². The molecule has 1 aromatic rings. The molecular weight excluding hydrogens is 300 g/mol. The fourth-order valence-corrected chi connectivity index (χ4v) is 3.59. The first-order valence-corrected chi connectivity index (χ1v) is 8.20. The highest BCUT2D eigenvalue weighted by molar-refractivity contribution is 7.18. The summed E-state index contributed by atoms with van der Waals surface area (Å²) in [7, 11) is 2.32. The number of hydrogen-bond donors (Lipinski definition) is 0. The minimum Gasteiger partial charge on any atom is -0.372 e. The van der Waals surface area contributed by atoms with Crippen molar-refractivity contribution < 1.29 is 13.9 Å². The highest BCUT2D eigenvalue weighted by Crippen LogP contribution is 2.45. The summed E-state index contributed by atoms with van der Waals surface area (Å²) in [4.78, 5) is 13.3. The lowest BCUT2D eigenvalue weighted by molar-refractivity contribution is -0.125. The molecule has 1 aliphatic carbocycles. The fourth-order valence-electron chi connectivity index (χ4n) is 3.18. The number of nitrogens with zero attached hydrogens (tertiary/aromatic N) is 1. The monoisotopic (exact) mass is 321 g/mol. The van der Waals surface area contributed by atoms with Crippen LogP contribution in [0.2, 0.25) is 0 Å². The second kappa shape index (κ2) is 6.10. The van der Waals surface area contributed by atoms with Crippen molar-refractivity contribution in [1.82, 2.24) is 4.90 Å². The number of aryl methyl sites for hydroxylation is 1. The lowest BCUT2D eigenvalue weighted by atomic mass is 10.1. The second-order valence-corrected chi connectivity index (χ2v) is 6.98. The molecule has 0 spiro atoms. The van der Waals surface area contributed by atoms with Gasteiger partial charge in [0.15, 0.2) is 0 Å². The van der Waals surface area contributed by atoms with E-state index < -0.39 is 5.41 Å². The molecule has 0 aromatic heterocycles. The zero-order chi connectivity index (χ0) is 15.7. The van der Waals surface area contributed by atoms with E-state index >= 15 is 0 Å². The van der Waals surface area contributed by atoms with Crippen LogP contribution in [0.4, 0.5) is 4.39 Å². The molecule has 3 nitrogen and oxygen atoms in total. The minimum atomic E-state index is -1.30. The largest absolute Gasteiger partial charge is 0.372 e. The summed E-state index contributed by atoms with van der Waals surface area (Å²) in [5.41, 5.74) is 2.84. The number of halogens is 1. The first kappa shape index (κ1) is 15.6. The number of fused-ring (bicyclic) bond motifs is 1. The molecule has 2 aliphatic rings. The van der Waals surface area contributed by atoms with Crippen molar-refractivity contribution in [3.8, 4) is 0 Å². The van der Waals surface area contributed by atoms with Crippen LogP contribution in [-0.2, 0) is 28.0 Å². The van der Waals surface area contributed by atoms with Crippen LogP contribution in [0.1, 0.15) is 29.5 Å². The van der Waals surface area contributed by atoms with Crippen molar-refractivity contribution in [1.29, 1.82) is 0 Å². The molecule has 22 heavy (non-hydrogen) atoms. The van der Waals surface area contributed by atoms with Crippen LogP contribution in [0, 0.1) is 0 Å². The standard InChI is InChI=1S/C17H21FNO2P/c1-2-16(20)19-8-6-14(10-19)21-11-12-3-4-13-5-7-17(18,22)15(13)9-12/h2-4,9,14H,1,5-8,10-11,22H2/t14-,17?/m0/s1. The van der Waals surface area contributed by atoms with Gasteiger partial charge in [0.2, 0.25) is 5.91 Å². The zero-order valence-corrected chi connectivity index (χ0v) is 13.7. The number of alkyl halides is 1. The van der Waals surface area contributed by atoms with E-state index in [0.717, 1.165) is 29.5 Å². The van der Waals surface area contributed by atoms with Crippen LogP contribution in [0.25, 0.3) is 0 Å². The van der Waals surface area contributed by atoms with Crippen molar-refractivity contribution >= 4 is 15.1 Å². The summed E-state index contributed by atoms with van der Waals surface area (Å²) in [6.07, 6.45) is 3.53. The summed E-state index contributed by atoms with van der Waals surface area (Å²) in [6, 6.07) is 5.92. The quantitative estimate of drug-likeness (QED) is 0.630. The normalized spacial score (nSPS) is 27.0. The Kier molecular flexibility index (Phi) is 4.33. The van der Waals surface area contributed by atoms with E-state index in [2.05, 4.69) is 15.8 Å². The number of amides is 1. The Morgan fingerprint density at radius 1 is 1.59 bits per heavy atom. The Balaban J connectivity index is 1.59. The predicted molar refractivity (Wildman–Crippen MR) is 87.2 cm³/mol. The maximum absolute atomic E-state index is 14.4. The summed E-state index contributed by atoms with van der Waals surface area (Å²) in [6.45, 7) is 5.27. The molecule has 1 aliphatic heterocycles. The second-order valence-electron chi connectivity index (χ2n) is 6.06. The van der Waals surface area contributed by atoms with Gasteiger partial charge in [-0.2, -0.15) is 0 Å². The van der Waals surface area contributed by atoms with E-state index in [4.69, 9.17) is 4.74 Å². The van der Waals surface area contributed by atoms with Crippen molar-refractivity contribution in [3.05, 3.63) is 47.5 Å². The third kappa shape index (κ3) is 3.09. The van der Waals surface area contributed by atoms with Gasteiger partial charge in [-0.25, -0.2) is 4.39 Å². The number of hydrogen-bond acceptors (Lipinski definition) is 2. The van der Waals surface area contributed by atoms with Gasteiger partial charge in [0, 0.05) is 13.1 Å². The first-order chi connectivity index (χ1) is 10.5. The SMILES string of the molecule is C=CC(=O)N1CC[C@H](OCc2ccc3c(c2)C(F)(P)CC3)C1. The lowest BCUT2D eigenvalue weighted by Gasteiger charge is -2.17. The summed E-state index contributed by atoms with van der Waals surface area (Å²) < 4.78 is 20.3. The Labute approximate surface area is 132 Å². The van der Waals surface area contributed by atoms with Gasteiger partial charge in [0.1, 0.15) is 5.41 Å². The van der Waals surface area contributed by atoms with Gasteiger partial charge in [-0.05, 0) is 48.1 Å². The molecule has 1 saturated heterocycles. The van der Waals surface area contributed by atoms with E-state index in [1.807, 2.05) is 18.2 Å². The topological polar surface area (TPSA) is 29.5 Å². The number of benzene rings is 1. The number of likely N-dealkylation sites (tertiary alicyclic amines) is 1. The molecule has 1 heterocycles. The lowest BCUT2D eigenvalue weighted by Crippen LogP contribution is -2.28. The highest BCUT2D eigenvalue weighted by atomic mass is 31.0. The number of carbonyl (C=O) groups excluding carboxylic acids is 1. The molecule has 3 atom stereocenters. The third-order valence-corrected chi connectivity index (χ3v) is 5.10. The average molecular weight is 321 g/mol. The number of rotatable bonds is 4. The Hall–Kier alpha value is -1.25. The van der Waals surface area contributed by atoms with Gasteiger partial charge in [0.05, 0.1) is 12.7 Å². The Morgan fingerprint density at radius 3 is 3.18 bits per heavy atom. The van der Waals surface area contributed by atoms with E-state index in [-0.39, 0.29) is 12.0 Å². The van der Waals surface area contributed by atoms with Crippen molar-refractivity contribution in [2.75, 3.05) is 13.1 Å². The molecule has 5 heteroatoms. The number of ether oxygens (including phenoxy) is 1. The van der Waals surface area contributed by atoms with Crippen molar-refractivity contribution in [2.24, 2.45) is 0 Å². The Bertz CT molecular complexity index is 602. The highest BCUT2D eigenvalue weighted by Gasteiger charge is 2.34. The first-order valence-electron chi connectivity index (χ1n) is 7.62. The van der Waals surface area contributed by atoms with Crippen LogP contribution < -0.4 is 0 Å².